The lowest BCUT2D eigenvalue weighted by Crippen LogP contribution is -2.40. The molecule has 0 bridgehead atoms. The Morgan fingerprint density at radius 3 is 2.65 bits per heavy atom. The molecule has 5 nitrogen and oxygen atoms in total. The number of nitrogen functional groups attached to an aromatic ring is 1. The maximum atomic E-state index is 11.9. The summed E-state index contributed by atoms with van der Waals surface area (Å²) in [5.41, 5.74) is 5.49. The standard InChI is InChI=1S/C11H18N4OS/c1-11(2,3)15-9(16)7-8(12)14-10(17-7)13-6-4-5-6/h6H,4-5,12H2,1-3H3,(H,13,14)(H,15,16). The zero-order chi connectivity index (χ0) is 12.6. The largest absolute Gasteiger partial charge is 0.382 e. The van der Waals surface area contributed by atoms with Crippen LogP contribution in [0.2, 0.25) is 0 Å². The van der Waals surface area contributed by atoms with Crippen molar-refractivity contribution in [2.75, 3.05) is 11.1 Å². The van der Waals surface area contributed by atoms with Crippen LogP contribution in [0.25, 0.3) is 0 Å². The van der Waals surface area contributed by atoms with Crippen LogP contribution in [0.1, 0.15) is 43.3 Å². The number of anilines is 2. The summed E-state index contributed by atoms with van der Waals surface area (Å²) in [5, 5.41) is 6.86. The van der Waals surface area contributed by atoms with Gasteiger partial charge in [0.15, 0.2) is 5.13 Å². The summed E-state index contributed by atoms with van der Waals surface area (Å²) in [4.78, 5) is 16.6. The van der Waals surface area contributed by atoms with E-state index in [-0.39, 0.29) is 11.4 Å². The first-order chi connectivity index (χ1) is 7.85. The highest BCUT2D eigenvalue weighted by Crippen LogP contribution is 2.30. The molecule has 2 rings (SSSR count). The molecule has 1 aromatic rings. The van der Waals surface area contributed by atoms with Crippen LogP contribution in [-0.4, -0.2) is 22.5 Å². The van der Waals surface area contributed by atoms with Crippen molar-refractivity contribution in [2.45, 2.75) is 45.2 Å². The number of nitrogens with two attached hydrogens (primary N) is 1. The van der Waals surface area contributed by atoms with Crippen LogP contribution in [0.4, 0.5) is 10.9 Å². The maximum Gasteiger partial charge on any atom is 0.265 e. The van der Waals surface area contributed by atoms with Crippen LogP contribution in [0.3, 0.4) is 0 Å². The molecule has 0 unspecified atom stereocenters. The van der Waals surface area contributed by atoms with Crippen LogP contribution < -0.4 is 16.4 Å². The molecule has 1 aliphatic rings. The highest BCUT2D eigenvalue weighted by Gasteiger charge is 2.25. The molecule has 4 N–H and O–H groups in total. The van der Waals surface area contributed by atoms with Crippen molar-refractivity contribution in [3.8, 4) is 0 Å². The van der Waals surface area contributed by atoms with E-state index in [1.165, 1.54) is 24.2 Å². The third kappa shape index (κ3) is 3.33. The number of hydrogen-bond donors (Lipinski definition) is 3. The number of thiazole rings is 1. The Hall–Kier alpha value is -1.30. The van der Waals surface area contributed by atoms with Crippen LogP contribution in [-0.2, 0) is 0 Å². The summed E-state index contributed by atoms with van der Waals surface area (Å²) in [6, 6.07) is 0.513. The number of nitrogens with zero attached hydrogens (tertiary/aromatic N) is 1. The molecule has 0 aliphatic heterocycles. The Morgan fingerprint density at radius 1 is 1.47 bits per heavy atom. The summed E-state index contributed by atoms with van der Waals surface area (Å²) < 4.78 is 0. The Bertz CT molecular complexity index is 431. The molecule has 0 aromatic carbocycles. The third-order valence-corrected chi connectivity index (χ3v) is 3.25. The fraction of sp³-hybridized carbons (Fsp3) is 0.636. The summed E-state index contributed by atoms with van der Waals surface area (Å²) in [5.74, 6) is 0.149. The fourth-order valence-corrected chi connectivity index (χ4v) is 2.21. The molecule has 0 spiro atoms. The summed E-state index contributed by atoms with van der Waals surface area (Å²) >= 11 is 1.32. The van der Waals surface area contributed by atoms with E-state index >= 15 is 0 Å². The van der Waals surface area contributed by atoms with E-state index in [0.717, 1.165) is 5.13 Å². The van der Waals surface area contributed by atoms with Crippen molar-refractivity contribution in [1.29, 1.82) is 0 Å². The zero-order valence-electron chi connectivity index (χ0n) is 10.3. The molecule has 0 atom stereocenters. The van der Waals surface area contributed by atoms with Gasteiger partial charge < -0.3 is 16.4 Å². The minimum absolute atomic E-state index is 0.156. The van der Waals surface area contributed by atoms with Gasteiger partial charge in [-0.25, -0.2) is 4.98 Å². The number of hydrogen-bond acceptors (Lipinski definition) is 5. The van der Waals surface area contributed by atoms with E-state index in [2.05, 4.69) is 15.6 Å². The number of carbonyl (C=O) groups excluding carboxylic acids is 1. The van der Waals surface area contributed by atoms with Gasteiger partial charge in [-0.05, 0) is 33.6 Å². The molecule has 1 aliphatic carbocycles. The van der Waals surface area contributed by atoms with E-state index in [1.807, 2.05) is 20.8 Å². The highest BCUT2D eigenvalue weighted by molar-refractivity contribution is 7.18. The van der Waals surface area contributed by atoms with Gasteiger partial charge in [-0.3, -0.25) is 4.79 Å². The molecule has 0 saturated heterocycles. The maximum absolute atomic E-state index is 11.9. The van der Waals surface area contributed by atoms with Gasteiger partial charge in [0, 0.05) is 11.6 Å². The molecule has 94 valence electrons. The predicted molar refractivity (Wildman–Crippen MR) is 70.4 cm³/mol. The van der Waals surface area contributed by atoms with Crippen LogP contribution in [0.15, 0.2) is 0 Å². The molecule has 1 amide bonds. The number of nitrogens with one attached hydrogen (secondary N) is 2. The van der Waals surface area contributed by atoms with Gasteiger partial charge in [-0.1, -0.05) is 11.3 Å². The third-order valence-electron chi connectivity index (χ3n) is 2.25. The second-order valence-electron chi connectivity index (χ2n) is 5.36. The smallest absolute Gasteiger partial charge is 0.265 e. The SMILES string of the molecule is CC(C)(C)NC(=O)c1sc(NC2CC2)nc1N. The number of carbonyl (C=O) groups is 1. The Kier molecular flexibility index (Phi) is 2.99. The van der Waals surface area contributed by atoms with E-state index in [1.54, 1.807) is 0 Å². The molecule has 0 radical (unpaired) electrons. The average Bonchev–Trinajstić information content (AvgIpc) is 2.86. The number of amides is 1. The Labute approximate surface area is 105 Å². The van der Waals surface area contributed by atoms with Crippen LogP contribution in [0, 0.1) is 0 Å². The summed E-state index contributed by atoms with van der Waals surface area (Å²) in [7, 11) is 0. The zero-order valence-corrected chi connectivity index (χ0v) is 11.1. The Morgan fingerprint density at radius 2 is 2.12 bits per heavy atom. The van der Waals surface area contributed by atoms with Crippen molar-refractivity contribution in [1.82, 2.24) is 10.3 Å². The number of rotatable bonds is 3. The molecule has 6 heteroatoms. The van der Waals surface area contributed by atoms with Crippen LogP contribution in [0.5, 0.6) is 0 Å². The first-order valence-electron chi connectivity index (χ1n) is 5.70. The first kappa shape index (κ1) is 12.2. The normalized spacial score (nSPS) is 15.7. The second-order valence-corrected chi connectivity index (χ2v) is 6.36. The van der Waals surface area contributed by atoms with E-state index in [9.17, 15) is 4.79 Å². The lowest BCUT2D eigenvalue weighted by molar-refractivity contribution is 0.0924. The van der Waals surface area contributed by atoms with Crippen molar-refractivity contribution in [3.63, 3.8) is 0 Å². The molecular weight excluding hydrogens is 236 g/mol. The summed E-state index contributed by atoms with van der Waals surface area (Å²) in [6.07, 6.45) is 2.34. The highest BCUT2D eigenvalue weighted by atomic mass is 32.1. The molecule has 1 saturated carbocycles. The fourth-order valence-electron chi connectivity index (χ4n) is 1.36. The summed E-state index contributed by atoms with van der Waals surface area (Å²) in [6.45, 7) is 5.81. The second kappa shape index (κ2) is 4.18. The Balaban J connectivity index is 2.08. The van der Waals surface area contributed by atoms with Gasteiger partial charge in [-0.15, -0.1) is 0 Å². The van der Waals surface area contributed by atoms with Crippen molar-refractivity contribution in [3.05, 3.63) is 4.88 Å². The van der Waals surface area contributed by atoms with E-state index < -0.39 is 0 Å². The van der Waals surface area contributed by atoms with Crippen molar-refractivity contribution in [2.24, 2.45) is 0 Å². The lowest BCUT2D eigenvalue weighted by atomic mass is 10.1. The molecular formula is C11H18N4OS. The molecule has 1 fully saturated rings. The van der Waals surface area contributed by atoms with Gasteiger partial charge in [0.1, 0.15) is 10.7 Å². The lowest BCUT2D eigenvalue weighted by Gasteiger charge is -2.19. The average molecular weight is 254 g/mol. The van der Waals surface area contributed by atoms with Gasteiger partial charge in [0.25, 0.3) is 5.91 Å². The monoisotopic (exact) mass is 254 g/mol. The number of aromatic nitrogens is 1. The topological polar surface area (TPSA) is 80.0 Å². The molecule has 1 heterocycles. The van der Waals surface area contributed by atoms with E-state index in [0.29, 0.717) is 16.7 Å². The van der Waals surface area contributed by atoms with Gasteiger partial charge >= 0.3 is 0 Å². The van der Waals surface area contributed by atoms with Gasteiger partial charge in [-0.2, -0.15) is 0 Å². The van der Waals surface area contributed by atoms with Crippen molar-refractivity contribution >= 4 is 28.2 Å². The van der Waals surface area contributed by atoms with E-state index in [4.69, 9.17) is 5.73 Å². The van der Waals surface area contributed by atoms with Gasteiger partial charge in [0.2, 0.25) is 0 Å². The minimum atomic E-state index is -0.266. The molecule has 1 aromatic heterocycles. The first-order valence-corrected chi connectivity index (χ1v) is 6.52. The van der Waals surface area contributed by atoms with Crippen LogP contribution >= 0.6 is 11.3 Å². The minimum Gasteiger partial charge on any atom is -0.382 e. The molecule has 17 heavy (non-hydrogen) atoms. The quantitative estimate of drug-likeness (QED) is 0.768. The van der Waals surface area contributed by atoms with Gasteiger partial charge in [0.05, 0.1) is 0 Å². The predicted octanol–water partition coefficient (Wildman–Crippen LogP) is 1.83. The van der Waals surface area contributed by atoms with Crippen molar-refractivity contribution < 1.29 is 4.79 Å².